The Bertz CT molecular complexity index is 2170. The molecule has 2 aromatic heterocycles. The molecule has 0 saturated carbocycles. The fraction of sp³-hybridized carbons (Fsp3) is 0.429. The Balaban J connectivity index is 1.80. The zero-order valence-electron chi connectivity index (χ0n) is 34.5. The second-order valence-electron chi connectivity index (χ2n) is 15.4. The molecule has 3 heterocycles. The van der Waals surface area contributed by atoms with E-state index >= 15 is 4.39 Å². The Hall–Kier alpha value is -5.87. The van der Waals surface area contributed by atoms with Crippen LogP contribution in [0.2, 0.25) is 0 Å². The minimum atomic E-state index is -0.983. The van der Waals surface area contributed by atoms with Gasteiger partial charge in [-0.1, -0.05) is 6.08 Å². The number of pyridine rings is 1. The molecule has 2 amide bonds. The Morgan fingerprint density at radius 3 is 2.21 bits per heavy atom. The second-order valence-corrected chi connectivity index (χ2v) is 15.4. The number of morpholine rings is 1. The van der Waals surface area contributed by atoms with E-state index in [0.717, 1.165) is 5.69 Å². The van der Waals surface area contributed by atoms with Crippen molar-refractivity contribution in [1.29, 1.82) is 0 Å². The summed E-state index contributed by atoms with van der Waals surface area (Å²) in [4.78, 5) is 52.2. The minimum Gasteiger partial charge on any atom is -0.496 e. The van der Waals surface area contributed by atoms with Gasteiger partial charge in [-0.2, -0.15) is 0 Å². The molecule has 0 atom stereocenters. The molecule has 1 aliphatic heterocycles. The van der Waals surface area contributed by atoms with Crippen molar-refractivity contribution < 1.29 is 51.6 Å². The third-order valence-corrected chi connectivity index (χ3v) is 8.89. The molecular formula is C42H52FN5O10. The van der Waals surface area contributed by atoms with Gasteiger partial charge in [0.05, 0.1) is 69.1 Å². The van der Waals surface area contributed by atoms with Gasteiger partial charge in [0, 0.05) is 37.5 Å². The summed E-state index contributed by atoms with van der Waals surface area (Å²) in [5.74, 6) is -2.46. The highest BCUT2D eigenvalue weighted by molar-refractivity contribution is 6.18. The Kier molecular flexibility index (Phi) is 13.2. The minimum absolute atomic E-state index is 0.00337. The molecule has 1 aliphatic rings. The van der Waals surface area contributed by atoms with Crippen LogP contribution in [-0.4, -0.2) is 94.9 Å². The SMILES string of the molecule is C=CCc1c(OC)cc(OC)c(F)c1C(=O)c1oc2cnc(N(C(=O)OC(C)(C)C)c3ccc(N4CCOCC4)cc3N)cc2c1N(CCOC)C(=O)OC(C)(C)C. The van der Waals surface area contributed by atoms with Crippen LogP contribution in [-0.2, 0) is 25.4 Å². The molecule has 58 heavy (non-hydrogen) atoms. The van der Waals surface area contributed by atoms with Gasteiger partial charge in [-0.05, 0) is 72.2 Å². The number of hydrogen-bond donors (Lipinski definition) is 1. The van der Waals surface area contributed by atoms with Crippen molar-refractivity contribution in [2.75, 3.05) is 81.2 Å². The average Bonchev–Trinajstić information content (AvgIpc) is 3.53. The Labute approximate surface area is 337 Å². The predicted molar refractivity (Wildman–Crippen MR) is 219 cm³/mol. The summed E-state index contributed by atoms with van der Waals surface area (Å²) in [7, 11) is 4.08. The lowest BCUT2D eigenvalue weighted by atomic mass is 9.96. The number of nitrogens with zero attached hydrogens (tertiary/aromatic N) is 4. The van der Waals surface area contributed by atoms with Crippen LogP contribution >= 0.6 is 0 Å². The Morgan fingerprint density at radius 2 is 1.62 bits per heavy atom. The molecule has 15 nitrogen and oxygen atoms in total. The number of anilines is 5. The fourth-order valence-corrected chi connectivity index (χ4v) is 6.38. The van der Waals surface area contributed by atoms with Crippen LogP contribution in [0.5, 0.6) is 11.5 Å². The number of hydrogen-bond acceptors (Lipinski definition) is 13. The van der Waals surface area contributed by atoms with Crippen LogP contribution < -0.4 is 29.9 Å². The van der Waals surface area contributed by atoms with Crippen LogP contribution in [0.4, 0.5) is 42.5 Å². The summed E-state index contributed by atoms with van der Waals surface area (Å²) < 4.78 is 55.9. The zero-order valence-corrected chi connectivity index (χ0v) is 34.5. The van der Waals surface area contributed by atoms with E-state index in [9.17, 15) is 14.4 Å². The standard InChI is InChI=1S/C42H52FN5O10/c1-11-12-26-30(53-9)23-31(54-10)35(43)34(26)37(49)38-36(47(17-18-52-8)39(50)57-41(2,3)4)27-22-33(45-24-32(27)56-38)48(40(51)58-42(5,6)7)29-14-13-25(21-28(29)44)46-15-19-55-20-16-46/h11,13-14,21-24H,1,12,15-20,44H2,2-10H3. The van der Waals surface area contributed by atoms with Crippen molar-refractivity contribution >= 4 is 57.5 Å². The smallest absolute Gasteiger partial charge is 0.420 e. The molecule has 2 aromatic carbocycles. The number of aromatic nitrogens is 1. The van der Waals surface area contributed by atoms with Crippen molar-refractivity contribution in [2.24, 2.45) is 0 Å². The van der Waals surface area contributed by atoms with Crippen molar-refractivity contribution in [1.82, 2.24) is 4.98 Å². The first-order valence-corrected chi connectivity index (χ1v) is 18.7. The van der Waals surface area contributed by atoms with E-state index in [2.05, 4.69) is 16.5 Å². The summed E-state index contributed by atoms with van der Waals surface area (Å²) in [6, 6.07) is 8.06. The van der Waals surface area contributed by atoms with E-state index < -0.39 is 46.3 Å². The van der Waals surface area contributed by atoms with Crippen LogP contribution in [0, 0.1) is 5.82 Å². The van der Waals surface area contributed by atoms with Gasteiger partial charge in [0.1, 0.15) is 28.5 Å². The molecule has 5 rings (SSSR count). The summed E-state index contributed by atoms with van der Waals surface area (Å²) in [6.45, 7) is 16.3. The molecular weight excluding hydrogens is 753 g/mol. The number of carbonyl (C=O) groups excluding carboxylic acids is 3. The summed E-state index contributed by atoms with van der Waals surface area (Å²) in [5, 5.41) is 0.146. The van der Waals surface area contributed by atoms with E-state index in [1.165, 1.54) is 55.5 Å². The van der Waals surface area contributed by atoms with Gasteiger partial charge in [-0.15, -0.1) is 6.58 Å². The fourth-order valence-electron chi connectivity index (χ4n) is 6.38. The van der Waals surface area contributed by atoms with Crippen LogP contribution in [0.1, 0.15) is 63.2 Å². The first-order valence-electron chi connectivity index (χ1n) is 18.7. The number of nitrogen functional groups attached to an aromatic ring is 1. The monoisotopic (exact) mass is 805 g/mol. The van der Waals surface area contributed by atoms with Gasteiger partial charge in [0.2, 0.25) is 5.78 Å². The summed E-state index contributed by atoms with van der Waals surface area (Å²) >= 11 is 0. The lowest BCUT2D eigenvalue weighted by molar-refractivity contribution is 0.0565. The lowest BCUT2D eigenvalue weighted by Crippen LogP contribution is -2.39. The van der Waals surface area contributed by atoms with Gasteiger partial charge in [-0.3, -0.25) is 9.69 Å². The topological polar surface area (TPSA) is 168 Å². The first kappa shape index (κ1) is 43.3. The van der Waals surface area contributed by atoms with Gasteiger partial charge in [-0.25, -0.2) is 23.9 Å². The first-order chi connectivity index (χ1) is 27.4. The summed E-state index contributed by atoms with van der Waals surface area (Å²) in [5.41, 5.74) is 5.77. The van der Waals surface area contributed by atoms with Crippen molar-refractivity contribution in [2.45, 2.75) is 59.2 Å². The number of ether oxygens (including phenoxy) is 6. The largest absolute Gasteiger partial charge is 0.496 e. The molecule has 4 aromatic rings. The Morgan fingerprint density at radius 1 is 0.966 bits per heavy atom. The van der Waals surface area contributed by atoms with E-state index in [4.69, 9.17) is 38.6 Å². The van der Waals surface area contributed by atoms with Gasteiger partial charge < -0.3 is 43.5 Å². The quantitative estimate of drug-likeness (QED) is 0.0790. The highest BCUT2D eigenvalue weighted by atomic mass is 19.1. The number of allylic oxidation sites excluding steroid dienone is 1. The van der Waals surface area contributed by atoms with Crippen LogP contribution in [0.25, 0.3) is 11.0 Å². The second kappa shape index (κ2) is 17.7. The number of methoxy groups -OCH3 is 3. The number of ketones is 1. The predicted octanol–water partition coefficient (Wildman–Crippen LogP) is 7.82. The number of fused-ring (bicyclic) bond motifs is 1. The molecule has 0 radical (unpaired) electrons. The van der Waals surface area contributed by atoms with Gasteiger partial charge >= 0.3 is 12.2 Å². The van der Waals surface area contributed by atoms with Crippen molar-refractivity contribution in [3.8, 4) is 11.5 Å². The van der Waals surface area contributed by atoms with Crippen molar-refractivity contribution in [3.05, 3.63) is 71.9 Å². The summed E-state index contributed by atoms with van der Waals surface area (Å²) in [6.07, 6.45) is 1.14. The maximum absolute atomic E-state index is 16.4. The van der Waals surface area contributed by atoms with E-state index in [-0.39, 0.29) is 70.5 Å². The highest BCUT2D eigenvalue weighted by Gasteiger charge is 2.37. The maximum Gasteiger partial charge on any atom is 0.420 e. The van der Waals surface area contributed by atoms with Crippen molar-refractivity contribution in [3.63, 3.8) is 0 Å². The molecule has 1 saturated heterocycles. The normalized spacial score (nSPS) is 13.2. The molecule has 1 fully saturated rings. The average molecular weight is 806 g/mol. The number of halogens is 1. The number of amides is 2. The number of benzene rings is 2. The van der Waals surface area contributed by atoms with Gasteiger partial charge in [0.15, 0.2) is 22.9 Å². The third-order valence-electron chi connectivity index (χ3n) is 8.89. The molecule has 0 unspecified atom stereocenters. The molecule has 16 heteroatoms. The molecule has 2 N–H and O–H groups in total. The number of rotatable bonds is 13. The van der Waals surface area contributed by atoms with Gasteiger partial charge in [0.25, 0.3) is 0 Å². The molecule has 0 bridgehead atoms. The third kappa shape index (κ3) is 9.45. The molecule has 312 valence electrons. The molecule has 0 spiro atoms. The number of furan rings is 1. The highest BCUT2D eigenvalue weighted by Crippen LogP contribution is 2.43. The maximum atomic E-state index is 16.4. The van der Waals surface area contributed by atoms with Crippen LogP contribution in [0.3, 0.4) is 0 Å². The lowest BCUT2D eigenvalue weighted by Gasteiger charge is -2.31. The molecule has 0 aliphatic carbocycles. The van der Waals surface area contributed by atoms with E-state index in [0.29, 0.717) is 26.3 Å². The van der Waals surface area contributed by atoms with Crippen LogP contribution in [0.15, 0.2) is 53.6 Å². The number of nitrogens with two attached hydrogens (primary N) is 1. The van der Waals surface area contributed by atoms with E-state index in [1.54, 1.807) is 53.7 Å². The number of carbonyl (C=O) groups is 3. The zero-order chi connectivity index (χ0) is 42.5. The van der Waals surface area contributed by atoms with E-state index in [1.807, 2.05) is 6.07 Å².